The molecule has 1 unspecified atom stereocenters. The molecule has 1 saturated heterocycles. The molecule has 3 heteroatoms. The first kappa shape index (κ1) is 15.9. The van der Waals surface area contributed by atoms with Crippen LogP contribution in [0.1, 0.15) is 45.4 Å². The Bertz CT molecular complexity index is 181. The van der Waals surface area contributed by atoms with Gasteiger partial charge in [0, 0.05) is 13.2 Å². The fourth-order valence-electron chi connectivity index (χ4n) is 2.59. The van der Waals surface area contributed by atoms with Crippen LogP contribution < -0.4 is 5.32 Å². The van der Waals surface area contributed by atoms with Crippen molar-refractivity contribution in [1.29, 1.82) is 0 Å². The third-order valence-corrected chi connectivity index (χ3v) is 3.64. The van der Waals surface area contributed by atoms with Crippen LogP contribution in [0.25, 0.3) is 0 Å². The SMILES string of the molecule is CCCNCCCCCN(C)CC1CCCOC1. The molecule has 0 bridgehead atoms. The zero-order chi connectivity index (χ0) is 13.1. The minimum Gasteiger partial charge on any atom is -0.381 e. The van der Waals surface area contributed by atoms with Gasteiger partial charge in [0.15, 0.2) is 0 Å². The van der Waals surface area contributed by atoms with Crippen LogP contribution in [0.4, 0.5) is 0 Å². The van der Waals surface area contributed by atoms with Crippen molar-refractivity contribution in [1.82, 2.24) is 10.2 Å². The van der Waals surface area contributed by atoms with Gasteiger partial charge in [0.2, 0.25) is 0 Å². The molecule has 0 amide bonds. The summed E-state index contributed by atoms with van der Waals surface area (Å²) in [6, 6.07) is 0. The molecular weight excluding hydrogens is 224 g/mol. The van der Waals surface area contributed by atoms with Gasteiger partial charge in [-0.2, -0.15) is 0 Å². The Morgan fingerprint density at radius 1 is 1.22 bits per heavy atom. The van der Waals surface area contributed by atoms with Crippen LogP contribution in [0.3, 0.4) is 0 Å². The normalized spacial score (nSPS) is 20.5. The van der Waals surface area contributed by atoms with Crippen molar-refractivity contribution in [3.63, 3.8) is 0 Å². The van der Waals surface area contributed by atoms with Crippen molar-refractivity contribution < 1.29 is 4.74 Å². The highest BCUT2D eigenvalue weighted by Crippen LogP contribution is 2.14. The zero-order valence-electron chi connectivity index (χ0n) is 12.4. The lowest BCUT2D eigenvalue weighted by atomic mass is 10.0. The van der Waals surface area contributed by atoms with Crippen molar-refractivity contribution >= 4 is 0 Å². The van der Waals surface area contributed by atoms with Gasteiger partial charge in [-0.25, -0.2) is 0 Å². The Morgan fingerprint density at radius 2 is 2.11 bits per heavy atom. The van der Waals surface area contributed by atoms with Crippen LogP contribution in [0.2, 0.25) is 0 Å². The Balaban J connectivity index is 1.88. The van der Waals surface area contributed by atoms with Gasteiger partial charge < -0.3 is 15.0 Å². The predicted molar refractivity (Wildman–Crippen MR) is 78.1 cm³/mol. The number of unbranched alkanes of at least 4 members (excludes halogenated alkanes) is 2. The molecular formula is C15H32N2O. The maximum atomic E-state index is 5.53. The third kappa shape index (κ3) is 8.06. The maximum Gasteiger partial charge on any atom is 0.0506 e. The van der Waals surface area contributed by atoms with E-state index in [4.69, 9.17) is 4.74 Å². The van der Waals surface area contributed by atoms with E-state index in [1.807, 2.05) is 0 Å². The molecule has 0 aromatic rings. The summed E-state index contributed by atoms with van der Waals surface area (Å²) in [5.74, 6) is 0.773. The molecule has 1 rings (SSSR count). The van der Waals surface area contributed by atoms with Crippen molar-refractivity contribution in [2.45, 2.75) is 45.4 Å². The van der Waals surface area contributed by atoms with E-state index in [9.17, 15) is 0 Å². The standard InChI is InChI=1S/C15H32N2O/c1-3-9-16-10-5-4-6-11-17(2)13-15-8-7-12-18-14-15/h15-16H,3-14H2,1-2H3. The van der Waals surface area contributed by atoms with E-state index in [1.165, 1.54) is 64.7 Å². The number of hydrogen-bond acceptors (Lipinski definition) is 3. The third-order valence-electron chi connectivity index (χ3n) is 3.64. The summed E-state index contributed by atoms with van der Waals surface area (Å²) in [4.78, 5) is 2.48. The predicted octanol–water partition coefficient (Wildman–Crippen LogP) is 2.51. The van der Waals surface area contributed by atoms with E-state index < -0.39 is 0 Å². The Hall–Kier alpha value is -0.120. The van der Waals surface area contributed by atoms with Gasteiger partial charge >= 0.3 is 0 Å². The zero-order valence-corrected chi connectivity index (χ0v) is 12.4. The molecule has 1 N–H and O–H groups in total. The Kier molecular flexibility index (Phi) is 9.54. The highest BCUT2D eigenvalue weighted by atomic mass is 16.5. The van der Waals surface area contributed by atoms with E-state index in [2.05, 4.69) is 24.2 Å². The molecule has 1 aliphatic heterocycles. The van der Waals surface area contributed by atoms with Crippen LogP contribution in [0, 0.1) is 5.92 Å². The summed E-state index contributed by atoms with van der Waals surface area (Å²) in [6.07, 6.45) is 7.85. The molecule has 1 fully saturated rings. The van der Waals surface area contributed by atoms with Gasteiger partial charge in [0.25, 0.3) is 0 Å². The molecule has 1 aliphatic rings. The van der Waals surface area contributed by atoms with E-state index >= 15 is 0 Å². The molecule has 0 spiro atoms. The van der Waals surface area contributed by atoms with Crippen LogP contribution in [-0.2, 0) is 4.74 Å². The first-order chi connectivity index (χ1) is 8.83. The van der Waals surface area contributed by atoms with E-state index in [0.29, 0.717) is 0 Å². The molecule has 3 nitrogen and oxygen atoms in total. The molecule has 0 aliphatic carbocycles. The van der Waals surface area contributed by atoms with Crippen LogP contribution in [0.5, 0.6) is 0 Å². The average molecular weight is 256 g/mol. The number of rotatable bonds is 10. The van der Waals surface area contributed by atoms with Gasteiger partial charge in [0.05, 0.1) is 6.61 Å². The molecule has 0 aromatic heterocycles. The quantitative estimate of drug-likeness (QED) is 0.608. The highest BCUT2D eigenvalue weighted by molar-refractivity contribution is 4.67. The first-order valence-electron chi connectivity index (χ1n) is 7.80. The molecule has 0 aromatic carbocycles. The summed E-state index contributed by atoms with van der Waals surface area (Å²) in [5, 5.41) is 3.46. The minimum absolute atomic E-state index is 0.773. The topological polar surface area (TPSA) is 24.5 Å². The molecule has 0 radical (unpaired) electrons. The van der Waals surface area contributed by atoms with Crippen LogP contribution >= 0.6 is 0 Å². The number of nitrogens with one attached hydrogen (secondary N) is 1. The van der Waals surface area contributed by atoms with Crippen LogP contribution in [0.15, 0.2) is 0 Å². The largest absolute Gasteiger partial charge is 0.381 e. The average Bonchev–Trinajstić information content (AvgIpc) is 2.39. The second kappa shape index (κ2) is 10.8. The van der Waals surface area contributed by atoms with Gasteiger partial charge in [-0.1, -0.05) is 13.3 Å². The highest BCUT2D eigenvalue weighted by Gasteiger charge is 2.15. The maximum absolute atomic E-state index is 5.53. The van der Waals surface area contributed by atoms with Gasteiger partial charge in [-0.3, -0.25) is 0 Å². The second-order valence-electron chi connectivity index (χ2n) is 5.66. The van der Waals surface area contributed by atoms with E-state index in [-0.39, 0.29) is 0 Å². The first-order valence-corrected chi connectivity index (χ1v) is 7.80. The molecule has 1 heterocycles. The monoisotopic (exact) mass is 256 g/mol. The lowest BCUT2D eigenvalue weighted by Gasteiger charge is -2.27. The number of hydrogen-bond donors (Lipinski definition) is 1. The van der Waals surface area contributed by atoms with Crippen molar-refractivity contribution in [3.05, 3.63) is 0 Å². The minimum atomic E-state index is 0.773. The molecule has 108 valence electrons. The van der Waals surface area contributed by atoms with E-state index in [1.54, 1.807) is 0 Å². The fourth-order valence-corrected chi connectivity index (χ4v) is 2.59. The number of ether oxygens (including phenoxy) is 1. The van der Waals surface area contributed by atoms with Crippen LogP contribution in [-0.4, -0.2) is 51.3 Å². The van der Waals surface area contributed by atoms with Gasteiger partial charge in [0.1, 0.15) is 0 Å². The Labute approximate surface area is 113 Å². The van der Waals surface area contributed by atoms with Gasteiger partial charge in [-0.15, -0.1) is 0 Å². The summed E-state index contributed by atoms with van der Waals surface area (Å²) in [7, 11) is 2.25. The second-order valence-corrected chi connectivity index (χ2v) is 5.66. The lowest BCUT2D eigenvalue weighted by molar-refractivity contribution is 0.0419. The smallest absolute Gasteiger partial charge is 0.0506 e. The lowest BCUT2D eigenvalue weighted by Crippen LogP contribution is -2.31. The summed E-state index contributed by atoms with van der Waals surface area (Å²) in [6.45, 7) is 8.99. The summed E-state index contributed by atoms with van der Waals surface area (Å²) in [5.41, 5.74) is 0. The molecule has 18 heavy (non-hydrogen) atoms. The van der Waals surface area contributed by atoms with Crippen molar-refractivity contribution in [2.75, 3.05) is 46.4 Å². The fraction of sp³-hybridized carbons (Fsp3) is 1.00. The summed E-state index contributed by atoms with van der Waals surface area (Å²) < 4.78 is 5.53. The van der Waals surface area contributed by atoms with Crippen molar-refractivity contribution in [3.8, 4) is 0 Å². The Morgan fingerprint density at radius 3 is 2.83 bits per heavy atom. The molecule has 0 saturated carbocycles. The van der Waals surface area contributed by atoms with Gasteiger partial charge in [-0.05, 0) is 64.7 Å². The van der Waals surface area contributed by atoms with E-state index in [0.717, 1.165) is 19.1 Å². The number of nitrogens with zero attached hydrogens (tertiary/aromatic N) is 1. The molecule has 1 atom stereocenters. The summed E-state index contributed by atoms with van der Waals surface area (Å²) >= 11 is 0. The van der Waals surface area contributed by atoms with Crippen molar-refractivity contribution in [2.24, 2.45) is 5.92 Å².